The molecule has 0 bridgehead atoms. The van der Waals surface area contributed by atoms with Crippen LogP contribution in [-0.4, -0.2) is 51.0 Å². The SMILES string of the molecule is C[C@H]1OC(Oc2c[nH]c3ccc(Br)cc23)[C@H](O)[C@@H](O)[C@H]1O. The third-order valence-corrected chi connectivity index (χ3v) is 4.15. The number of ether oxygens (including phenoxy) is 2. The van der Waals surface area contributed by atoms with Crippen molar-refractivity contribution in [1.82, 2.24) is 4.98 Å². The molecule has 0 aliphatic carbocycles. The van der Waals surface area contributed by atoms with Crippen molar-refractivity contribution in [3.8, 4) is 5.75 Å². The first kappa shape index (κ1) is 14.8. The maximum Gasteiger partial charge on any atom is 0.229 e. The molecule has 0 radical (unpaired) electrons. The van der Waals surface area contributed by atoms with E-state index < -0.39 is 30.7 Å². The van der Waals surface area contributed by atoms with E-state index in [1.807, 2.05) is 18.2 Å². The zero-order chi connectivity index (χ0) is 15.1. The average molecular weight is 358 g/mol. The summed E-state index contributed by atoms with van der Waals surface area (Å²) in [7, 11) is 0. The number of hydrogen-bond donors (Lipinski definition) is 4. The molecule has 5 atom stereocenters. The Labute approximate surface area is 129 Å². The monoisotopic (exact) mass is 357 g/mol. The molecule has 21 heavy (non-hydrogen) atoms. The molecular weight excluding hydrogens is 342 g/mol. The fourth-order valence-corrected chi connectivity index (χ4v) is 2.76. The largest absolute Gasteiger partial charge is 0.460 e. The van der Waals surface area contributed by atoms with Crippen molar-refractivity contribution >= 4 is 26.8 Å². The van der Waals surface area contributed by atoms with Crippen molar-refractivity contribution in [3.05, 3.63) is 28.9 Å². The molecule has 2 aromatic rings. The number of fused-ring (bicyclic) bond motifs is 1. The maximum atomic E-state index is 9.97. The molecule has 3 rings (SSSR count). The fraction of sp³-hybridized carbons (Fsp3) is 0.429. The highest BCUT2D eigenvalue weighted by atomic mass is 79.9. The summed E-state index contributed by atoms with van der Waals surface area (Å²) in [5.41, 5.74) is 0.882. The van der Waals surface area contributed by atoms with Crippen LogP contribution in [0.4, 0.5) is 0 Å². The van der Waals surface area contributed by atoms with Crippen molar-refractivity contribution in [3.63, 3.8) is 0 Å². The molecule has 1 aliphatic rings. The minimum absolute atomic E-state index is 0.506. The topological polar surface area (TPSA) is 94.9 Å². The zero-order valence-corrected chi connectivity index (χ0v) is 12.8. The Morgan fingerprint density at radius 2 is 1.95 bits per heavy atom. The summed E-state index contributed by atoms with van der Waals surface area (Å²) in [4.78, 5) is 3.06. The lowest BCUT2D eigenvalue weighted by molar-refractivity contribution is -0.267. The third-order valence-electron chi connectivity index (χ3n) is 3.66. The van der Waals surface area contributed by atoms with Gasteiger partial charge in [0, 0.05) is 21.6 Å². The van der Waals surface area contributed by atoms with Gasteiger partial charge in [0.25, 0.3) is 0 Å². The molecule has 114 valence electrons. The normalized spacial score (nSPS) is 33.3. The first-order chi connectivity index (χ1) is 9.97. The van der Waals surface area contributed by atoms with Gasteiger partial charge in [-0.3, -0.25) is 0 Å². The van der Waals surface area contributed by atoms with Gasteiger partial charge >= 0.3 is 0 Å². The summed E-state index contributed by atoms with van der Waals surface area (Å²) in [6.45, 7) is 1.61. The van der Waals surface area contributed by atoms with Crippen molar-refractivity contribution in [2.45, 2.75) is 37.6 Å². The van der Waals surface area contributed by atoms with E-state index in [-0.39, 0.29) is 0 Å². The highest BCUT2D eigenvalue weighted by Gasteiger charge is 2.43. The molecule has 1 fully saturated rings. The Balaban J connectivity index is 1.86. The first-order valence-electron chi connectivity index (χ1n) is 6.60. The summed E-state index contributed by atoms with van der Waals surface area (Å²) in [6, 6.07) is 5.67. The van der Waals surface area contributed by atoms with Crippen molar-refractivity contribution in [2.24, 2.45) is 0 Å². The highest BCUT2D eigenvalue weighted by molar-refractivity contribution is 9.10. The lowest BCUT2D eigenvalue weighted by Gasteiger charge is -2.38. The van der Waals surface area contributed by atoms with Crippen LogP contribution in [0.25, 0.3) is 10.9 Å². The Morgan fingerprint density at radius 1 is 1.19 bits per heavy atom. The maximum absolute atomic E-state index is 9.97. The van der Waals surface area contributed by atoms with Crippen LogP contribution < -0.4 is 4.74 Å². The minimum atomic E-state index is -1.33. The summed E-state index contributed by atoms with van der Waals surface area (Å²) >= 11 is 3.39. The van der Waals surface area contributed by atoms with Gasteiger partial charge in [0.15, 0.2) is 0 Å². The molecular formula is C14H16BrNO5. The van der Waals surface area contributed by atoms with Crippen molar-refractivity contribution in [2.75, 3.05) is 0 Å². The second kappa shape index (κ2) is 5.58. The van der Waals surface area contributed by atoms with Gasteiger partial charge < -0.3 is 29.8 Å². The number of aromatic nitrogens is 1. The van der Waals surface area contributed by atoms with E-state index in [2.05, 4.69) is 20.9 Å². The summed E-state index contributed by atoms with van der Waals surface area (Å²) < 4.78 is 12.0. The second-order valence-corrected chi connectivity index (χ2v) is 6.06. The van der Waals surface area contributed by atoms with Crippen LogP contribution >= 0.6 is 15.9 Å². The van der Waals surface area contributed by atoms with Crippen LogP contribution in [0.2, 0.25) is 0 Å². The summed E-state index contributed by atoms with van der Waals surface area (Å²) in [5.74, 6) is 0.506. The Morgan fingerprint density at radius 3 is 2.71 bits per heavy atom. The Bertz CT molecular complexity index is 645. The smallest absolute Gasteiger partial charge is 0.229 e. The number of aromatic amines is 1. The second-order valence-electron chi connectivity index (χ2n) is 5.14. The molecule has 0 saturated carbocycles. The molecule has 1 aromatic carbocycles. The number of benzene rings is 1. The van der Waals surface area contributed by atoms with Gasteiger partial charge in [-0.25, -0.2) is 0 Å². The van der Waals surface area contributed by atoms with Gasteiger partial charge in [0.2, 0.25) is 6.29 Å². The van der Waals surface area contributed by atoms with E-state index in [4.69, 9.17) is 9.47 Å². The van der Waals surface area contributed by atoms with Crippen LogP contribution in [0.15, 0.2) is 28.9 Å². The zero-order valence-electron chi connectivity index (χ0n) is 11.2. The number of hydrogen-bond acceptors (Lipinski definition) is 5. The van der Waals surface area contributed by atoms with Gasteiger partial charge in [-0.2, -0.15) is 0 Å². The van der Waals surface area contributed by atoms with Crippen LogP contribution in [0.5, 0.6) is 5.75 Å². The van der Waals surface area contributed by atoms with Gasteiger partial charge in [0.1, 0.15) is 24.1 Å². The van der Waals surface area contributed by atoms with E-state index in [0.29, 0.717) is 5.75 Å². The lowest BCUT2D eigenvalue weighted by atomic mass is 10.00. The van der Waals surface area contributed by atoms with E-state index in [1.54, 1.807) is 13.1 Å². The molecule has 1 aliphatic heterocycles. The molecule has 1 saturated heterocycles. The van der Waals surface area contributed by atoms with Crippen LogP contribution in [0.1, 0.15) is 6.92 Å². The average Bonchev–Trinajstić information content (AvgIpc) is 2.85. The molecule has 7 heteroatoms. The van der Waals surface area contributed by atoms with Crippen LogP contribution in [0.3, 0.4) is 0 Å². The molecule has 4 N–H and O–H groups in total. The number of aliphatic hydroxyl groups excluding tert-OH is 3. The predicted octanol–water partition coefficient (Wildman–Crippen LogP) is 1.14. The van der Waals surface area contributed by atoms with E-state index in [1.165, 1.54) is 0 Å². The predicted molar refractivity (Wildman–Crippen MR) is 79.0 cm³/mol. The van der Waals surface area contributed by atoms with Gasteiger partial charge in [-0.15, -0.1) is 0 Å². The fourth-order valence-electron chi connectivity index (χ4n) is 2.40. The molecule has 0 amide bonds. The number of rotatable bonds is 2. The van der Waals surface area contributed by atoms with Gasteiger partial charge in [0.05, 0.1) is 6.10 Å². The molecule has 0 spiro atoms. The third kappa shape index (κ3) is 2.67. The number of aliphatic hydroxyl groups is 3. The van der Waals surface area contributed by atoms with Crippen LogP contribution in [-0.2, 0) is 4.74 Å². The number of halogens is 1. The molecule has 2 heterocycles. The standard InChI is InChI=1S/C14H16BrNO5/c1-6-11(17)12(18)13(19)14(20-6)21-10-5-16-9-3-2-7(15)4-8(9)10/h2-6,11-14,16-19H,1H3/t6-,11+,12+,13-,14?/m1/s1. The summed E-state index contributed by atoms with van der Waals surface area (Å²) in [5, 5.41) is 30.3. The lowest BCUT2D eigenvalue weighted by Crippen LogP contribution is -2.58. The minimum Gasteiger partial charge on any atom is -0.460 e. The molecule has 6 nitrogen and oxygen atoms in total. The molecule has 1 unspecified atom stereocenters. The Kier molecular flexibility index (Phi) is 3.94. The first-order valence-corrected chi connectivity index (χ1v) is 7.39. The van der Waals surface area contributed by atoms with Gasteiger partial charge in [-0.05, 0) is 25.1 Å². The van der Waals surface area contributed by atoms with Crippen molar-refractivity contribution in [1.29, 1.82) is 0 Å². The molecule has 1 aromatic heterocycles. The summed E-state index contributed by atoms with van der Waals surface area (Å²) in [6.07, 6.45) is -3.79. The Hall–Kier alpha value is -1.12. The quantitative estimate of drug-likeness (QED) is 0.646. The van der Waals surface area contributed by atoms with E-state index >= 15 is 0 Å². The van der Waals surface area contributed by atoms with Crippen molar-refractivity contribution < 1.29 is 24.8 Å². The van der Waals surface area contributed by atoms with Crippen LogP contribution in [0, 0.1) is 0 Å². The van der Waals surface area contributed by atoms with Gasteiger partial charge in [-0.1, -0.05) is 15.9 Å². The highest BCUT2D eigenvalue weighted by Crippen LogP contribution is 2.31. The van der Waals surface area contributed by atoms with E-state index in [0.717, 1.165) is 15.4 Å². The number of H-pyrrole nitrogens is 1. The van der Waals surface area contributed by atoms with E-state index in [9.17, 15) is 15.3 Å². The number of nitrogens with one attached hydrogen (secondary N) is 1.